The van der Waals surface area contributed by atoms with Crippen LogP contribution in [0.5, 0.6) is 11.5 Å². The van der Waals surface area contributed by atoms with E-state index in [1.165, 1.54) is 0 Å². The van der Waals surface area contributed by atoms with Crippen molar-refractivity contribution in [2.75, 3.05) is 13.7 Å². The van der Waals surface area contributed by atoms with E-state index in [1.807, 2.05) is 32.0 Å². The van der Waals surface area contributed by atoms with E-state index in [9.17, 15) is 4.79 Å². The van der Waals surface area contributed by atoms with Crippen molar-refractivity contribution in [2.24, 2.45) is 0 Å². The molecule has 20 heavy (non-hydrogen) atoms. The molecule has 0 aromatic heterocycles. The summed E-state index contributed by atoms with van der Waals surface area (Å²) in [7, 11) is 1.60. The molecule has 0 bridgehead atoms. The van der Waals surface area contributed by atoms with Crippen LogP contribution in [-0.4, -0.2) is 19.5 Å². The fraction of sp³-hybridized carbons (Fsp3) is 0.235. The summed E-state index contributed by atoms with van der Waals surface area (Å²) in [6.07, 6.45) is 0. The number of carbonyl (C=O) groups is 1. The molecular formula is C17H18O3. The average Bonchev–Trinajstić information content (AvgIpc) is 2.48. The fourth-order valence-corrected chi connectivity index (χ4v) is 1.87. The first kappa shape index (κ1) is 14.1. The number of methoxy groups -OCH3 is 1. The van der Waals surface area contributed by atoms with Crippen LogP contribution >= 0.6 is 0 Å². The van der Waals surface area contributed by atoms with E-state index in [0.717, 1.165) is 22.6 Å². The van der Waals surface area contributed by atoms with Crippen LogP contribution in [0, 0.1) is 13.8 Å². The number of rotatable bonds is 5. The van der Waals surface area contributed by atoms with Crippen molar-refractivity contribution < 1.29 is 14.3 Å². The molecule has 0 saturated heterocycles. The summed E-state index contributed by atoms with van der Waals surface area (Å²) >= 11 is 0. The number of carbonyl (C=O) groups excluding carboxylic acids is 1. The first-order valence-corrected chi connectivity index (χ1v) is 6.47. The summed E-state index contributed by atoms with van der Waals surface area (Å²) in [6.45, 7) is 4.00. The number of hydrogen-bond donors (Lipinski definition) is 0. The zero-order chi connectivity index (χ0) is 14.5. The molecule has 0 saturated carbocycles. The second-order valence-corrected chi connectivity index (χ2v) is 4.71. The van der Waals surface area contributed by atoms with Crippen molar-refractivity contribution in [3.63, 3.8) is 0 Å². The molecule has 0 unspecified atom stereocenters. The lowest BCUT2D eigenvalue weighted by atomic mass is 10.1. The van der Waals surface area contributed by atoms with Gasteiger partial charge >= 0.3 is 0 Å². The van der Waals surface area contributed by atoms with Gasteiger partial charge in [0.15, 0.2) is 12.4 Å². The van der Waals surface area contributed by atoms with Gasteiger partial charge in [-0.15, -0.1) is 0 Å². The minimum Gasteiger partial charge on any atom is -0.497 e. The van der Waals surface area contributed by atoms with E-state index in [-0.39, 0.29) is 12.4 Å². The molecule has 0 aliphatic carbocycles. The molecule has 0 fully saturated rings. The van der Waals surface area contributed by atoms with Crippen LogP contribution in [0.3, 0.4) is 0 Å². The normalized spacial score (nSPS) is 10.2. The summed E-state index contributed by atoms with van der Waals surface area (Å²) in [5.41, 5.74) is 2.76. The first-order valence-electron chi connectivity index (χ1n) is 6.47. The fourth-order valence-electron chi connectivity index (χ4n) is 1.87. The van der Waals surface area contributed by atoms with Gasteiger partial charge in [-0.1, -0.05) is 12.1 Å². The van der Waals surface area contributed by atoms with Crippen LogP contribution in [-0.2, 0) is 0 Å². The van der Waals surface area contributed by atoms with Crippen LogP contribution in [0.4, 0.5) is 0 Å². The Bertz CT molecular complexity index is 600. The third-order valence-electron chi connectivity index (χ3n) is 3.11. The van der Waals surface area contributed by atoms with Gasteiger partial charge in [0, 0.05) is 5.56 Å². The van der Waals surface area contributed by atoms with E-state index < -0.39 is 0 Å². The van der Waals surface area contributed by atoms with Crippen molar-refractivity contribution in [1.29, 1.82) is 0 Å². The lowest BCUT2D eigenvalue weighted by molar-refractivity contribution is 0.0921. The SMILES string of the molecule is COc1ccc(C(=O)COc2cc(C)ccc2C)cc1. The van der Waals surface area contributed by atoms with Crippen LogP contribution in [0.15, 0.2) is 42.5 Å². The van der Waals surface area contributed by atoms with E-state index in [1.54, 1.807) is 31.4 Å². The summed E-state index contributed by atoms with van der Waals surface area (Å²) in [5, 5.41) is 0. The lowest BCUT2D eigenvalue weighted by Gasteiger charge is -2.09. The average molecular weight is 270 g/mol. The molecule has 0 radical (unpaired) electrons. The number of ether oxygens (including phenoxy) is 2. The maximum atomic E-state index is 12.0. The van der Waals surface area contributed by atoms with Crippen molar-refractivity contribution in [2.45, 2.75) is 13.8 Å². The summed E-state index contributed by atoms with van der Waals surface area (Å²) in [6, 6.07) is 13.0. The monoisotopic (exact) mass is 270 g/mol. The maximum absolute atomic E-state index is 12.0. The lowest BCUT2D eigenvalue weighted by Crippen LogP contribution is -2.12. The smallest absolute Gasteiger partial charge is 0.200 e. The Labute approximate surface area is 119 Å². The number of hydrogen-bond acceptors (Lipinski definition) is 3. The molecule has 0 heterocycles. The second-order valence-electron chi connectivity index (χ2n) is 4.71. The Kier molecular flexibility index (Phi) is 4.41. The first-order chi connectivity index (χ1) is 9.60. The maximum Gasteiger partial charge on any atom is 0.200 e. The van der Waals surface area contributed by atoms with E-state index in [4.69, 9.17) is 9.47 Å². The number of benzene rings is 2. The van der Waals surface area contributed by atoms with Gasteiger partial charge in [0.2, 0.25) is 0 Å². The molecule has 0 amide bonds. The Morgan fingerprint density at radius 1 is 1.05 bits per heavy atom. The summed E-state index contributed by atoms with van der Waals surface area (Å²) in [4.78, 5) is 12.0. The third kappa shape index (κ3) is 3.38. The van der Waals surface area contributed by atoms with E-state index in [2.05, 4.69) is 0 Å². The second kappa shape index (κ2) is 6.24. The zero-order valence-corrected chi connectivity index (χ0v) is 12.0. The Hall–Kier alpha value is -2.29. The third-order valence-corrected chi connectivity index (χ3v) is 3.11. The van der Waals surface area contributed by atoms with Gasteiger partial charge in [-0.3, -0.25) is 4.79 Å². The van der Waals surface area contributed by atoms with Crippen molar-refractivity contribution in [3.05, 3.63) is 59.2 Å². The molecule has 0 N–H and O–H groups in total. The van der Waals surface area contributed by atoms with Gasteiger partial charge in [-0.25, -0.2) is 0 Å². The van der Waals surface area contributed by atoms with Crippen LogP contribution in [0.2, 0.25) is 0 Å². The van der Waals surface area contributed by atoms with Gasteiger partial charge < -0.3 is 9.47 Å². The topological polar surface area (TPSA) is 35.5 Å². The zero-order valence-electron chi connectivity index (χ0n) is 12.0. The van der Waals surface area contributed by atoms with Gasteiger partial charge in [0.25, 0.3) is 0 Å². The Morgan fingerprint density at radius 2 is 1.75 bits per heavy atom. The molecule has 2 rings (SSSR count). The van der Waals surface area contributed by atoms with Gasteiger partial charge in [-0.05, 0) is 55.3 Å². The van der Waals surface area contributed by atoms with Crippen molar-refractivity contribution in [3.8, 4) is 11.5 Å². The highest BCUT2D eigenvalue weighted by Gasteiger charge is 2.08. The van der Waals surface area contributed by atoms with Gasteiger partial charge in [-0.2, -0.15) is 0 Å². The van der Waals surface area contributed by atoms with Crippen molar-refractivity contribution in [1.82, 2.24) is 0 Å². The minimum absolute atomic E-state index is 0.0383. The predicted molar refractivity (Wildman–Crippen MR) is 78.7 cm³/mol. The van der Waals surface area contributed by atoms with Crippen molar-refractivity contribution >= 4 is 5.78 Å². The Balaban J connectivity index is 2.02. The van der Waals surface area contributed by atoms with E-state index >= 15 is 0 Å². The summed E-state index contributed by atoms with van der Waals surface area (Å²) < 4.78 is 10.7. The summed E-state index contributed by atoms with van der Waals surface area (Å²) in [5.74, 6) is 1.44. The van der Waals surface area contributed by atoms with E-state index in [0.29, 0.717) is 5.56 Å². The molecule has 0 aliphatic heterocycles. The van der Waals surface area contributed by atoms with Crippen LogP contribution < -0.4 is 9.47 Å². The molecule has 104 valence electrons. The molecule has 0 atom stereocenters. The van der Waals surface area contributed by atoms with Gasteiger partial charge in [0.05, 0.1) is 7.11 Å². The predicted octanol–water partition coefficient (Wildman–Crippen LogP) is 3.57. The van der Waals surface area contributed by atoms with Gasteiger partial charge in [0.1, 0.15) is 11.5 Å². The molecule has 0 spiro atoms. The standard InChI is InChI=1S/C17H18O3/c1-12-4-5-13(2)17(10-12)20-11-16(18)14-6-8-15(19-3)9-7-14/h4-10H,11H2,1-3H3. The van der Waals surface area contributed by atoms with Crippen LogP contribution in [0.25, 0.3) is 0 Å². The minimum atomic E-state index is -0.0476. The molecular weight excluding hydrogens is 252 g/mol. The highest BCUT2D eigenvalue weighted by atomic mass is 16.5. The quantitative estimate of drug-likeness (QED) is 0.779. The number of ketones is 1. The molecule has 2 aromatic rings. The molecule has 3 heteroatoms. The molecule has 3 nitrogen and oxygen atoms in total. The molecule has 0 aliphatic rings. The highest BCUT2D eigenvalue weighted by Crippen LogP contribution is 2.19. The Morgan fingerprint density at radius 3 is 2.40 bits per heavy atom. The largest absolute Gasteiger partial charge is 0.497 e. The molecule has 2 aromatic carbocycles. The number of Topliss-reactive ketones (excluding diaryl/α,β-unsaturated/α-hetero) is 1. The van der Waals surface area contributed by atoms with Crippen LogP contribution in [0.1, 0.15) is 21.5 Å². The number of aryl methyl sites for hydroxylation is 2. The highest BCUT2D eigenvalue weighted by molar-refractivity contribution is 5.97.